The van der Waals surface area contributed by atoms with E-state index in [0.29, 0.717) is 26.1 Å². The average molecular weight is 306 g/mol. The molecule has 1 aromatic carbocycles. The third-order valence-electron chi connectivity index (χ3n) is 3.62. The van der Waals surface area contributed by atoms with Gasteiger partial charge in [-0.1, -0.05) is 36.4 Å². The predicted molar refractivity (Wildman–Crippen MR) is 85.4 cm³/mol. The number of aliphatic hydroxyl groups excluding tert-OH is 1. The van der Waals surface area contributed by atoms with Crippen molar-refractivity contribution in [3.05, 3.63) is 48.6 Å². The fourth-order valence-corrected chi connectivity index (χ4v) is 2.67. The largest absolute Gasteiger partial charge is 0.393 e. The first-order valence-corrected chi connectivity index (χ1v) is 7.76. The minimum absolute atomic E-state index is 0.166. The fraction of sp³-hybridized carbons (Fsp3) is 0.556. The first-order chi connectivity index (χ1) is 10.5. The molecule has 0 bridgehead atoms. The molecule has 0 spiro atoms. The molecule has 0 aliphatic carbocycles. The SMILES string of the molecule is C=CC[C@H](O)C[C@@H]1OC(C)(C)O[C@H]1COCc1ccccc1. The highest BCUT2D eigenvalue weighted by Gasteiger charge is 2.41. The highest BCUT2D eigenvalue weighted by atomic mass is 16.8. The van der Waals surface area contributed by atoms with Gasteiger partial charge >= 0.3 is 0 Å². The van der Waals surface area contributed by atoms with Crippen LogP contribution in [0.5, 0.6) is 0 Å². The Morgan fingerprint density at radius 2 is 1.95 bits per heavy atom. The summed E-state index contributed by atoms with van der Waals surface area (Å²) in [7, 11) is 0. The van der Waals surface area contributed by atoms with Gasteiger partial charge in [-0.2, -0.15) is 0 Å². The van der Waals surface area contributed by atoms with Crippen LogP contribution in [-0.4, -0.2) is 35.8 Å². The maximum atomic E-state index is 9.95. The Morgan fingerprint density at radius 3 is 2.64 bits per heavy atom. The van der Waals surface area contributed by atoms with E-state index >= 15 is 0 Å². The number of rotatable bonds is 8. The summed E-state index contributed by atoms with van der Waals surface area (Å²) >= 11 is 0. The Morgan fingerprint density at radius 1 is 1.27 bits per heavy atom. The van der Waals surface area contributed by atoms with E-state index in [-0.39, 0.29) is 12.2 Å². The third-order valence-corrected chi connectivity index (χ3v) is 3.62. The summed E-state index contributed by atoms with van der Waals surface area (Å²) in [5.74, 6) is -0.640. The molecule has 1 aliphatic heterocycles. The van der Waals surface area contributed by atoms with Crippen LogP contribution >= 0.6 is 0 Å². The average Bonchev–Trinajstić information content (AvgIpc) is 2.74. The maximum absolute atomic E-state index is 9.95. The second kappa shape index (κ2) is 7.88. The molecule has 0 saturated carbocycles. The Kier molecular flexibility index (Phi) is 6.15. The molecular formula is C18H26O4. The van der Waals surface area contributed by atoms with E-state index in [1.807, 2.05) is 44.2 Å². The molecule has 122 valence electrons. The summed E-state index contributed by atoms with van der Waals surface area (Å²) in [4.78, 5) is 0. The van der Waals surface area contributed by atoms with Gasteiger partial charge in [0.25, 0.3) is 0 Å². The zero-order valence-electron chi connectivity index (χ0n) is 13.4. The number of hydrogen-bond acceptors (Lipinski definition) is 4. The summed E-state index contributed by atoms with van der Waals surface area (Å²) < 4.78 is 17.5. The van der Waals surface area contributed by atoms with Crippen LogP contribution in [0.2, 0.25) is 0 Å². The second-order valence-electron chi connectivity index (χ2n) is 6.13. The van der Waals surface area contributed by atoms with Gasteiger partial charge in [0.2, 0.25) is 0 Å². The summed E-state index contributed by atoms with van der Waals surface area (Å²) in [5.41, 5.74) is 1.13. The molecule has 0 unspecified atom stereocenters. The van der Waals surface area contributed by atoms with Crippen molar-refractivity contribution in [1.82, 2.24) is 0 Å². The smallest absolute Gasteiger partial charge is 0.163 e. The van der Waals surface area contributed by atoms with Crippen LogP contribution < -0.4 is 0 Å². The van der Waals surface area contributed by atoms with Crippen molar-refractivity contribution in [2.45, 2.75) is 57.4 Å². The van der Waals surface area contributed by atoms with Gasteiger partial charge in [0.05, 0.1) is 25.4 Å². The molecule has 22 heavy (non-hydrogen) atoms. The van der Waals surface area contributed by atoms with Crippen LogP contribution in [0.1, 0.15) is 32.3 Å². The molecule has 1 aromatic rings. The monoisotopic (exact) mass is 306 g/mol. The summed E-state index contributed by atoms with van der Waals surface area (Å²) in [6.07, 6.45) is 2.00. The van der Waals surface area contributed by atoms with Crippen LogP contribution in [0.3, 0.4) is 0 Å². The van der Waals surface area contributed by atoms with E-state index in [0.717, 1.165) is 5.56 Å². The van der Waals surface area contributed by atoms with Gasteiger partial charge in [-0.3, -0.25) is 0 Å². The zero-order valence-corrected chi connectivity index (χ0v) is 13.4. The quantitative estimate of drug-likeness (QED) is 0.750. The van der Waals surface area contributed by atoms with Gasteiger partial charge < -0.3 is 19.3 Å². The maximum Gasteiger partial charge on any atom is 0.163 e. The molecule has 1 fully saturated rings. The molecule has 0 radical (unpaired) electrons. The van der Waals surface area contributed by atoms with Crippen molar-refractivity contribution < 1.29 is 19.3 Å². The van der Waals surface area contributed by atoms with E-state index in [9.17, 15) is 5.11 Å². The summed E-state index contributed by atoms with van der Waals surface area (Å²) in [6, 6.07) is 10.0. The molecule has 0 aromatic heterocycles. The van der Waals surface area contributed by atoms with E-state index in [4.69, 9.17) is 14.2 Å². The van der Waals surface area contributed by atoms with Crippen molar-refractivity contribution in [1.29, 1.82) is 0 Å². The lowest BCUT2D eigenvalue weighted by Crippen LogP contribution is -2.31. The first kappa shape index (κ1) is 17.2. The van der Waals surface area contributed by atoms with Crippen molar-refractivity contribution >= 4 is 0 Å². The lowest BCUT2D eigenvalue weighted by molar-refractivity contribution is -0.152. The molecule has 1 heterocycles. The summed E-state index contributed by atoms with van der Waals surface area (Å²) in [5, 5.41) is 9.95. The van der Waals surface area contributed by atoms with Gasteiger partial charge in [-0.25, -0.2) is 0 Å². The zero-order chi connectivity index (χ0) is 16.0. The van der Waals surface area contributed by atoms with Crippen molar-refractivity contribution in [3.63, 3.8) is 0 Å². The standard InChI is InChI=1S/C18H26O4/c1-4-8-15(19)11-16-17(22-18(2,3)21-16)13-20-12-14-9-6-5-7-10-14/h4-7,9-10,15-17,19H,1,8,11-13H2,2-3H3/t15-,16-,17-/m0/s1. The second-order valence-corrected chi connectivity index (χ2v) is 6.13. The van der Waals surface area contributed by atoms with E-state index in [1.165, 1.54) is 0 Å². The minimum atomic E-state index is -0.640. The van der Waals surface area contributed by atoms with Crippen LogP contribution in [0.4, 0.5) is 0 Å². The Balaban J connectivity index is 1.84. The van der Waals surface area contributed by atoms with Crippen molar-refractivity contribution in [2.75, 3.05) is 6.61 Å². The summed E-state index contributed by atoms with van der Waals surface area (Å²) in [6.45, 7) is 8.41. The molecule has 4 nitrogen and oxygen atoms in total. The van der Waals surface area contributed by atoms with E-state index < -0.39 is 11.9 Å². The number of aliphatic hydroxyl groups is 1. The Labute approximate surface area is 132 Å². The predicted octanol–water partition coefficient (Wildman–Crippen LogP) is 3.05. The molecule has 1 aliphatic rings. The Bertz CT molecular complexity index is 457. The molecular weight excluding hydrogens is 280 g/mol. The number of hydrogen-bond donors (Lipinski definition) is 1. The molecule has 2 rings (SSSR count). The number of benzene rings is 1. The molecule has 4 heteroatoms. The first-order valence-electron chi connectivity index (χ1n) is 7.76. The van der Waals surface area contributed by atoms with Gasteiger partial charge in [0.1, 0.15) is 6.10 Å². The highest BCUT2D eigenvalue weighted by Crippen LogP contribution is 2.31. The minimum Gasteiger partial charge on any atom is -0.393 e. The molecule has 1 N–H and O–H groups in total. The number of ether oxygens (including phenoxy) is 3. The van der Waals surface area contributed by atoms with E-state index in [1.54, 1.807) is 6.08 Å². The van der Waals surface area contributed by atoms with Gasteiger partial charge in [0.15, 0.2) is 5.79 Å². The topological polar surface area (TPSA) is 47.9 Å². The van der Waals surface area contributed by atoms with Crippen LogP contribution in [0, 0.1) is 0 Å². The highest BCUT2D eigenvalue weighted by molar-refractivity contribution is 5.13. The molecule has 0 amide bonds. The van der Waals surface area contributed by atoms with Gasteiger partial charge in [0, 0.05) is 6.42 Å². The fourth-order valence-electron chi connectivity index (χ4n) is 2.67. The van der Waals surface area contributed by atoms with Crippen molar-refractivity contribution in [3.8, 4) is 0 Å². The van der Waals surface area contributed by atoms with Crippen LogP contribution in [0.15, 0.2) is 43.0 Å². The Hall–Kier alpha value is -1.20. The molecule has 3 atom stereocenters. The third kappa shape index (κ3) is 5.21. The van der Waals surface area contributed by atoms with Crippen LogP contribution in [0.25, 0.3) is 0 Å². The van der Waals surface area contributed by atoms with Crippen LogP contribution in [-0.2, 0) is 20.8 Å². The van der Waals surface area contributed by atoms with Gasteiger partial charge in [-0.15, -0.1) is 6.58 Å². The van der Waals surface area contributed by atoms with E-state index in [2.05, 4.69) is 6.58 Å². The molecule has 1 saturated heterocycles. The van der Waals surface area contributed by atoms with Crippen molar-refractivity contribution in [2.24, 2.45) is 0 Å². The lowest BCUT2D eigenvalue weighted by atomic mass is 10.1. The van der Waals surface area contributed by atoms with Gasteiger partial charge in [-0.05, 0) is 25.8 Å². The lowest BCUT2D eigenvalue weighted by Gasteiger charge is -2.19. The normalized spacial score (nSPS) is 25.0.